The first-order chi connectivity index (χ1) is 20.2. The van der Waals surface area contributed by atoms with Crippen LogP contribution >= 0.6 is 11.3 Å². The highest BCUT2D eigenvalue weighted by molar-refractivity contribution is 7.18. The monoisotopic (exact) mass is 578 g/mol. The van der Waals surface area contributed by atoms with Gasteiger partial charge in [-0.1, -0.05) is 59.9 Å². The molecule has 1 N–H and O–H groups in total. The lowest BCUT2D eigenvalue weighted by Gasteiger charge is -2.23. The van der Waals surface area contributed by atoms with Crippen molar-refractivity contribution in [2.45, 2.75) is 33.4 Å². The van der Waals surface area contributed by atoms with Crippen LogP contribution in [-0.4, -0.2) is 36.9 Å². The smallest absolute Gasteiger partial charge is 0.301 e. The van der Waals surface area contributed by atoms with Crippen LogP contribution in [0.25, 0.3) is 11.4 Å². The van der Waals surface area contributed by atoms with E-state index in [1.165, 1.54) is 11.8 Å². The van der Waals surface area contributed by atoms with Crippen molar-refractivity contribution in [2.75, 3.05) is 4.90 Å². The van der Waals surface area contributed by atoms with Crippen LogP contribution in [0.4, 0.5) is 5.13 Å². The number of rotatable bonds is 7. The molecule has 1 saturated heterocycles. The van der Waals surface area contributed by atoms with Crippen LogP contribution in [0, 0.1) is 13.8 Å². The molecule has 9 nitrogen and oxygen atoms in total. The molecule has 6 rings (SSSR count). The van der Waals surface area contributed by atoms with E-state index in [0.29, 0.717) is 45.5 Å². The minimum Gasteiger partial charge on any atom is -0.505 e. The molecule has 210 valence electrons. The molecule has 3 aromatic heterocycles. The number of aliphatic hydroxyl groups is 1. The summed E-state index contributed by atoms with van der Waals surface area (Å²) in [5.41, 5.74) is 3.34. The van der Waals surface area contributed by atoms with Gasteiger partial charge in [0.15, 0.2) is 16.7 Å². The van der Waals surface area contributed by atoms with Gasteiger partial charge in [-0.3, -0.25) is 23.7 Å². The lowest BCUT2D eigenvalue weighted by atomic mass is 9.96. The van der Waals surface area contributed by atoms with E-state index < -0.39 is 17.7 Å². The standard InChI is InChI=1S/C32H26N4O5S/c1-18-26(35-16-8-7-11-24(35)33-18)28(38)25-27(22-12-14-23(15-13-22)41-17-21-9-5-4-6-10-21)36(31(40)29(25)39)32-34-19(2)30(42-32)20(3)37/h4-16,27,38H,17H2,1-3H3. The van der Waals surface area contributed by atoms with Crippen molar-refractivity contribution in [3.8, 4) is 5.75 Å². The number of benzene rings is 2. The summed E-state index contributed by atoms with van der Waals surface area (Å²) in [6.45, 7) is 5.22. The number of imidazole rings is 1. The Hall–Kier alpha value is -5.09. The summed E-state index contributed by atoms with van der Waals surface area (Å²) >= 11 is 1.04. The van der Waals surface area contributed by atoms with Crippen LogP contribution in [0.2, 0.25) is 0 Å². The molecule has 1 aliphatic heterocycles. The Labute approximate surface area is 245 Å². The molecule has 10 heteroatoms. The maximum absolute atomic E-state index is 13.7. The summed E-state index contributed by atoms with van der Waals surface area (Å²) in [6, 6.07) is 21.2. The number of hydrogen-bond donors (Lipinski definition) is 1. The highest BCUT2D eigenvalue weighted by Crippen LogP contribution is 2.44. The Balaban J connectivity index is 1.47. The number of nitrogens with zero attached hydrogens (tertiary/aromatic N) is 4. The largest absolute Gasteiger partial charge is 0.505 e. The molecule has 1 aliphatic rings. The number of carbonyl (C=O) groups excluding carboxylic acids is 3. The number of fused-ring (bicyclic) bond motifs is 1. The first kappa shape index (κ1) is 27.1. The maximum atomic E-state index is 13.7. The lowest BCUT2D eigenvalue weighted by Crippen LogP contribution is -2.29. The highest BCUT2D eigenvalue weighted by Gasteiger charge is 2.48. The molecule has 5 aromatic rings. The summed E-state index contributed by atoms with van der Waals surface area (Å²) in [4.78, 5) is 50.1. The SMILES string of the molecule is CC(=O)c1sc(N2C(=O)C(=O)C(=C(O)c3c(C)nc4ccccn34)C2c2ccc(OCc3ccccc3)cc2)nc1C. The van der Waals surface area contributed by atoms with Gasteiger partial charge < -0.3 is 9.84 Å². The van der Waals surface area contributed by atoms with Crippen LogP contribution in [0.1, 0.15) is 50.8 Å². The fraction of sp³-hybridized carbons (Fsp3) is 0.156. The lowest BCUT2D eigenvalue weighted by molar-refractivity contribution is -0.132. The molecule has 0 saturated carbocycles. The third kappa shape index (κ3) is 4.65. The number of amides is 1. The molecule has 1 atom stereocenters. The number of ether oxygens (including phenoxy) is 1. The summed E-state index contributed by atoms with van der Waals surface area (Å²) in [7, 11) is 0. The van der Waals surface area contributed by atoms with Crippen molar-refractivity contribution in [3.63, 3.8) is 0 Å². The van der Waals surface area contributed by atoms with Gasteiger partial charge in [0.1, 0.15) is 23.7 Å². The zero-order chi connectivity index (χ0) is 29.5. The molecule has 0 radical (unpaired) electrons. The third-order valence-corrected chi connectivity index (χ3v) is 8.39. The quantitative estimate of drug-likeness (QED) is 0.112. The van der Waals surface area contributed by atoms with Crippen LogP contribution in [0.15, 0.2) is 84.6 Å². The molecule has 0 bridgehead atoms. The van der Waals surface area contributed by atoms with Gasteiger partial charge in [-0.15, -0.1) is 0 Å². The Morgan fingerprint density at radius 1 is 0.952 bits per heavy atom. The minimum absolute atomic E-state index is 0.0936. The van der Waals surface area contributed by atoms with E-state index in [1.807, 2.05) is 36.4 Å². The summed E-state index contributed by atoms with van der Waals surface area (Å²) < 4.78 is 7.62. The normalized spacial score (nSPS) is 16.4. The number of hydrogen-bond acceptors (Lipinski definition) is 8. The molecular weight excluding hydrogens is 552 g/mol. The fourth-order valence-electron chi connectivity index (χ4n) is 5.17. The number of ketones is 2. The predicted molar refractivity (Wildman–Crippen MR) is 159 cm³/mol. The molecule has 2 aromatic carbocycles. The van der Waals surface area contributed by atoms with Gasteiger partial charge in [0, 0.05) is 13.1 Å². The van der Waals surface area contributed by atoms with Crippen molar-refractivity contribution < 1.29 is 24.2 Å². The minimum atomic E-state index is -1.01. The van der Waals surface area contributed by atoms with Crippen molar-refractivity contribution in [3.05, 3.63) is 118 Å². The Morgan fingerprint density at radius 2 is 1.67 bits per heavy atom. The van der Waals surface area contributed by atoms with Crippen molar-refractivity contribution >= 4 is 45.3 Å². The molecule has 1 unspecified atom stereocenters. The number of anilines is 1. The number of Topliss-reactive ketones (excluding diaryl/α,β-unsaturated/α-hetero) is 2. The summed E-state index contributed by atoms with van der Waals surface area (Å²) in [5.74, 6) is -1.64. The number of thiazole rings is 1. The van der Waals surface area contributed by atoms with E-state index in [0.717, 1.165) is 16.9 Å². The Kier molecular flexibility index (Phi) is 6.91. The van der Waals surface area contributed by atoms with E-state index >= 15 is 0 Å². The second-order valence-electron chi connectivity index (χ2n) is 9.95. The molecule has 1 amide bonds. The number of aliphatic hydroxyl groups excluding tert-OH is 1. The van der Waals surface area contributed by atoms with Gasteiger partial charge >= 0.3 is 5.91 Å². The molecule has 1 fully saturated rings. The highest BCUT2D eigenvalue weighted by atomic mass is 32.1. The van der Waals surface area contributed by atoms with Gasteiger partial charge in [0.2, 0.25) is 0 Å². The maximum Gasteiger partial charge on any atom is 0.301 e. The van der Waals surface area contributed by atoms with Gasteiger partial charge in [0.05, 0.1) is 27.9 Å². The average molecular weight is 579 g/mol. The van der Waals surface area contributed by atoms with E-state index in [-0.39, 0.29) is 22.2 Å². The summed E-state index contributed by atoms with van der Waals surface area (Å²) in [6.07, 6.45) is 1.73. The molecule has 0 spiro atoms. The molecular formula is C32H26N4O5S. The predicted octanol–water partition coefficient (Wildman–Crippen LogP) is 5.82. The number of aromatic nitrogens is 3. The zero-order valence-corrected chi connectivity index (χ0v) is 23.9. The van der Waals surface area contributed by atoms with Crippen LogP contribution in [-0.2, 0) is 16.2 Å². The van der Waals surface area contributed by atoms with Gasteiger partial charge in [0.25, 0.3) is 5.78 Å². The Morgan fingerprint density at radius 3 is 2.36 bits per heavy atom. The van der Waals surface area contributed by atoms with Crippen LogP contribution in [0.3, 0.4) is 0 Å². The third-order valence-electron chi connectivity index (χ3n) is 7.13. The summed E-state index contributed by atoms with van der Waals surface area (Å²) in [5, 5.41) is 11.9. The molecule has 42 heavy (non-hydrogen) atoms. The first-order valence-corrected chi connectivity index (χ1v) is 14.1. The molecule has 4 heterocycles. The first-order valence-electron chi connectivity index (χ1n) is 13.2. The van der Waals surface area contributed by atoms with E-state index in [9.17, 15) is 19.5 Å². The van der Waals surface area contributed by atoms with Crippen molar-refractivity contribution in [2.24, 2.45) is 0 Å². The number of carbonyl (C=O) groups is 3. The second-order valence-corrected chi connectivity index (χ2v) is 10.9. The van der Waals surface area contributed by atoms with Crippen LogP contribution in [0.5, 0.6) is 5.75 Å². The number of pyridine rings is 1. The van der Waals surface area contributed by atoms with Crippen molar-refractivity contribution in [1.82, 2.24) is 14.4 Å². The van der Waals surface area contributed by atoms with Crippen molar-refractivity contribution in [1.29, 1.82) is 0 Å². The average Bonchev–Trinajstić information content (AvgIpc) is 3.62. The molecule has 0 aliphatic carbocycles. The van der Waals surface area contributed by atoms with Gasteiger partial charge in [-0.2, -0.15) is 0 Å². The van der Waals surface area contributed by atoms with E-state index in [1.54, 1.807) is 60.8 Å². The van der Waals surface area contributed by atoms with Gasteiger partial charge in [-0.25, -0.2) is 9.97 Å². The Bertz CT molecular complexity index is 1890. The second kappa shape index (κ2) is 10.7. The van der Waals surface area contributed by atoms with Gasteiger partial charge in [-0.05, 0) is 49.2 Å². The fourth-order valence-corrected chi connectivity index (χ4v) is 6.16. The zero-order valence-electron chi connectivity index (χ0n) is 23.1. The number of aryl methyl sites for hydroxylation is 2. The van der Waals surface area contributed by atoms with E-state index in [4.69, 9.17) is 4.74 Å². The topological polar surface area (TPSA) is 114 Å². The van der Waals surface area contributed by atoms with Crippen LogP contribution < -0.4 is 9.64 Å². The van der Waals surface area contributed by atoms with E-state index in [2.05, 4.69) is 9.97 Å².